The Labute approximate surface area is 57.7 Å². The van der Waals surface area contributed by atoms with Crippen LogP contribution in [0.25, 0.3) is 0 Å². The van der Waals surface area contributed by atoms with E-state index in [0.717, 1.165) is 0 Å². The molecule has 0 aromatic heterocycles. The van der Waals surface area contributed by atoms with E-state index in [2.05, 4.69) is 4.74 Å². The van der Waals surface area contributed by atoms with Gasteiger partial charge >= 0.3 is 6.03 Å². The molecule has 1 rings (SSSR count). The van der Waals surface area contributed by atoms with Gasteiger partial charge in [-0.15, -0.1) is 0 Å². The number of nitrogens with zero attached hydrogens (tertiary/aromatic N) is 1. The monoisotopic (exact) mass is 144 g/mol. The molecular formula is C5H8N2O3. The Balaban J connectivity index is 2.17. The molecular weight excluding hydrogens is 136 g/mol. The lowest BCUT2D eigenvalue weighted by Crippen LogP contribution is -2.56. The molecule has 1 fully saturated rings. The number of amides is 2. The van der Waals surface area contributed by atoms with Gasteiger partial charge in [0, 0.05) is 0 Å². The fraction of sp³-hybridized carbons (Fsp3) is 0.600. The number of carbonyl (C=O) groups excluding carboxylic acids is 2. The van der Waals surface area contributed by atoms with Crippen molar-refractivity contribution in [2.75, 3.05) is 13.1 Å². The molecule has 0 radical (unpaired) electrons. The van der Waals surface area contributed by atoms with Gasteiger partial charge in [-0.05, 0) is 0 Å². The summed E-state index contributed by atoms with van der Waals surface area (Å²) < 4.78 is 4.53. The van der Waals surface area contributed by atoms with Crippen LogP contribution in [0.15, 0.2) is 0 Å². The van der Waals surface area contributed by atoms with Crippen molar-refractivity contribution in [3.63, 3.8) is 0 Å². The number of urea groups is 1. The molecule has 0 atom stereocenters. The lowest BCUT2D eigenvalue weighted by Gasteiger charge is -2.35. The Kier molecular flexibility index (Phi) is 1.75. The molecule has 10 heavy (non-hydrogen) atoms. The minimum Gasteiger partial charge on any atom is -0.461 e. The van der Waals surface area contributed by atoms with Crippen molar-refractivity contribution in [3.05, 3.63) is 0 Å². The molecule has 1 aliphatic rings. The Hall–Kier alpha value is -1.26. The van der Waals surface area contributed by atoms with Crippen molar-refractivity contribution in [2.24, 2.45) is 5.73 Å². The number of carbonyl (C=O) groups is 2. The van der Waals surface area contributed by atoms with E-state index in [4.69, 9.17) is 5.73 Å². The lowest BCUT2D eigenvalue weighted by molar-refractivity contribution is -0.139. The molecule has 1 aliphatic heterocycles. The molecule has 2 amide bonds. The van der Waals surface area contributed by atoms with Gasteiger partial charge in [0.2, 0.25) is 0 Å². The molecule has 0 aromatic carbocycles. The number of ether oxygens (including phenoxy) is 1. The molecule has 0 saturated carbocycles. The normalized spacial score (nSPS) is 17.8. The highest BCUT2D eigenvalue weighted by Gasteiger charge is 2.30. The van der Waals surface area contributed by atoms with Crippen LogP contribution < -0.4 is 5.73 Å². The topological polar surface area (TPSA) is 72.6 Å². The van der Waals surface area contributed by atoms with Gasteiger partial charge in [-0.1, -0.05) is 0 Å². The summed E-state index contributed by atoms with van der Waals surface area (Å²) in [5.41, 5.74) is 4.90. The minimum absolute atomic E-state index is 0.148. The predicted octanol–water partition coefficient (Wildman–Crippen LogP) is -1.08. The third-order valence-corrected chi connectivity index (χ3v) is 1.41. The van der Waals surface area contributed by atoms with Gasteiger partial charge in [0.05, 0.1) is 13.1 Å². The molecule has 0 unspecified atom stereocenters. The molecule has 2 N–H and O–H groups in total. The molecule has 1 heterocycles. The maximum atomic E-state index is 10.3. The second-order valence-electron chi connectivity index (χ2n) is 2.10. The third kappa shape index (κ3) is 1.18. The molecule has 5 heteroatoms. The van der Waals surface area contributed by atoms with Crippen molar-refractivity contribution >= 4 is 12.5 Å². The summed E-state index contributed by atoms with van der Waals surface area (Å²) in [6.45, 7) is 1.23. The maximum Gasteiger partial charge on any atom is 0.315 e. The van der Waals surface area contributed by atoms with Crippen molar-refractivity contribution in [1.82, 2.24) is 4.90 Å². The van der Waals surface area contributed by atoms with Crippen LogP contribution in [0, 0.1) is 0 Å². The fourth-order valence-electron chi connectivity index (χ4n) is 0.783. The zero-order valence-electron chi connectivity index (χ0n) is 5.32. The summed E-state index contributed by atoms with van der Waals surface area (Å²) in [7, 11) is 0. The first kappa shape index (κ1) is 6.85. The van der Waals surface area contributed by atoms with Crippen LogP contribution in [-0.4, -0.2) is 36.6 Å². The van der Waals surface area contributed by atoms with E-state index >= 15 is 0 Å². The lowest BCUT2D eigenvalue weighted by atomic mass is 10.2. The standard InChI is InChI=1S/C5H8N2O3/c6-5(9)7-1-4(2-7)10-3-8/h3-4H,1-2H2,(H2,6,9). The van der Waals surface area contributed by atoms with Crippen LogP contribution in [0.4, 0.5) is 4.79 Å². The van der Waals surface area contributed by atoms with Gasteiger partial charge < -0.3 is 15.4 Å². The van der Waals surface area contributed by atoms with Crippen LogP contribution in [0.1, 0.15) is 0 Å². The highest BCUT2D eigenvalue weighted by atomic mass is 16.5. The summed E-state index contributed by atoms with van der Waals surface area (Å²) in [5, 5.41) is 0. The van der Waals surface area contributed by atoms with E-state index in [1.807, 2.05) is 0 Å². The Bertz CT molecular complexity index is 153. The number of rotatable bonds is 2. The number of hydrogen-bond acceptors (Lipinski definition) is 3. The first-order valence-corrected chi connectivity index (χ1v) is 2.87. The summed E-state index contributed by atoms with van der Waals surface area (Å²) in [4.78, 5) is 21.5. The second kappa shape index (κ2) is 2.55. The SMILES string of the molecule is NC(=O)N1CC(OC=O)C1. The summed E-state index contributed by atoms with van der Waals surface area (Å²) in [6.07, 6.45) is -0.148. The number of hydrogen-bond donors (Lipinski definition) is 1. The van der Waals surface area contributed by atoms with Crippen LogP contribution >= 0.6 is 0 Å². The third-order valence-electron chi connectivity index (χ3n) is 1.41. The molecule has 1 saturated heterocycles. The van der Waals surface area contributed by atoms with E-state index in [0.29, 0.717) is 19.6 Å². The first-order chi connectivity index (χ1) is 4.74. The van der Waals surface area contributed by atoms with Gasteiger partial charge in [0.15, 0.2) is 0 Å². The largest absolute Gasteiger partial charge is 0.461 e. The summed E-state index contributed by atoms with van der Waals surface area (Å²) in [6, 6.07) is -0.467. The van der Waals surface area contributed by atoms with E-state index in [9.17, 15) is 9.59 Å². The van der Waals surface area contributed by atoms with Gasteiger partial charge in [-0.3, -0.25) is 4.79 Å². The highest BCUT2D eigenvalue weighted by molar-refractivity contribution is 5.73. The molecule has 0 bridgehead atoms. The van der Waals surface area contributed by atoms with Gasteiger partial charge in [0.1, 0.15) is 6.10 Å². The van der Waals surface area contributed by atoms with E-state index in [1.54, 1.807) is 0 Å². The van der Waals surface area contributed by atoms with Crippen LogP contribution in [0.3, 0.4) is 0 Å². The van der Waals surface area contributed by atoms with Crippen LogP contribution in [-0.2, 0) is 9.53 Å². The molecule has 5 nitrogen and oxygen atoms in total. The van der Waals surface area contributed by atoms with Gasteiger partial charge in [0.25, 0.3) is 6.47 Å². The minimum atomic E-state index is -0.467. The fourth-order valence-corrected chi connectivity index (χ4v) is 0.783. The first-order valence-electron chi connectivity index (χ1n) is 2.87. The second-order valence-corrected chi connectivity index (χ2v) is 2.10. The predicted molar refractivity (Wildman–Crippen MR) is 32.1 cm³/mol. The number of primary amides is 1. The summed E-state index contributed by atoms with van der Waals surface area (Å²) >= 11 is 0. The average molecular weight is 144 g/mol. The van der Waals surface area contributed by atoms with Crippen LogP contribution in [0.5, 0.6) is 0 Å². The van der Waals surface area contributed by atoms with E-state index < -0.39 is 6.03 Å². The summed E-state index contributed by atoms with van der Waals surface area (Å²) in [5.74, 6) is 0. The van der Waals surface area contributed by atoms with Crippen molar-refractivity contribution in [1.29, 1.82) is 0 Å². The molecule has 0 aromatic rings. The van der Waals surface area contributed by atoms with Crippen molar-refractivity contribution in [3.8, 4) is 0 Å². The quantitative estimate of drug-likeness (QED) is 0.501. The van der Waals surface area contributed by atoms with Crippen LogP contribution in [0.2, 0.25) is 0 Å². The average Bonchev–Trinajstić information content (AvgIpc) is 1.76. The smallest absolute Gasteiger partial charge is 0.315 e. The Morgan fingerprint density at radius 2 is 2.30 bits per heavy atom. The van der Waals surface area contributed by atoms with Crippen molar-refractivity contribution in [2.45, 2.75) is 6.10 Å². The highest BCUT2D eigenvalue weighted by Crippen LogP contribution is 2.08. The maximum absolute atomic E-state index is 10.3. The molecule has 56 valence electrons. The van der Waals surface area contributed by atoms with E-state index in [1.165, 1.54) is 4.90 Å². The van der Waals surface area contributed by atoms with Gasteiger partial charge in [-0.25, -0.2) is 4.79 Å². The number of likely N-dealkylation sites (tertiary alicyclic amines) is 1. The zero-order chi connectivity index (χ0) is 7.56. The Morgan fingerprint density at radius 3 is 2.70 bits per heavy atom. The van der Waals surface area contributed by atoms with Gasteiger partial charge in [-0.2, -0.15) is 0 Å². The number of nitrogens with two attached hydrogens (primary N) is 1. The molecule has 0 aliphatic carbocycles. The van der Waals surface area contributed by atoms with Crippen molar-refractivity contribution < 1.29 is 14.3 Å². The zero-order valence-corrected chi connectivity index (χ0v) is 5.32. The Morgan fingerprint density at radius 1 is 1.70 bits per heavy atom. The molecule has 0 spiro atoms. The van der Waals surface area contributed by atoms with E-state index in [-0.39, 0.29) is 6.10 Å².